The Morgan fingerprint density at radius 3 is 2.64 bits per heavy atom. The Balaban J connectivity index is 1.70. The number of rotatable bonds is 5. The van der Waals surface area contributed by atoms with Gasteiger partial charge in [-0.05, 0) is 43.7 Å². The van der Waals surface area contributed by atoms with Crippen LogP contribution in [0, 0.1) is 5.82 Å². The summed E-state index contributed by atoms with van der Waals surface area (Å²) in [7, 11) is 0. The minimum absolute atomic E-state index is 0.0713. The number of carbonyl (C=O) groups is 1. The van der Waals surface area contributed by atoms with Crippen molar-refractivity contribution in [3.05, 3.63) is 59.9 Å². The summed E-state index contributed by atoms with van der Waals surface area (Å²) < 4.78 is 18.6. The van der Waals surface area contributed by atoms with Crippen molar-refractivity contribution in [3.63, 3.8) is 0 Å². The van der Waals surface area contributed by atoms with E-state index in [1.54, 1.807) is 12.1 Å². The van der Waals surface area contributed by atoms with Gasteiger partial charge >= 0.3 is 0 Å². The van der Waals surface area contributed by atoms with E-state index in [1.165, 1.54) is 12.1 Å². The predicted octanol–water partition coefficient (Wildman–Crippen LogP) is 3.46. The summed E-state index contributed by atoms with van der Waals surface area (Å²) in [5.41, 5.74) is 1.87. The first-order valence-electron chi connectivity index (χ1n) is 8.61. The van der Waals surface area contributed by atoms with E-state index in [4.69, 9.17) is 4.74 Å². The van der Waals surface area contributed by atoms with E-state index in [9.17, 15) is 9.18 Å². The number of carbonyl (C=O) groups excluding carboxylic acids is 1. The second-order valence-corrected chi connectivity index (χ2v) is 6.19. The Morgan fingerprint density at radius 1 is 1.16 bits per heavy atom. The molecule has 5 heteroatoms. The quantitative estimate of drug-likeness (QED) is 0.834. The monoisotopic (exact) mass is 342 g/mol. The lowest BCUT2D eigenvalue weighted by Crippen LogP contribution is -2.55. The van der Waals surface area contributed by atoms with Crippen LogP contribution in [0.25, 0.3) is 0 Å². The summed E-state index contributed by atoms with van der Waals surface area (Å²) in [6.45, 7) is 6.49. The molecule has 1 aliphatic heterocycles. The van der Waals surface area contributed by atoms with Crippen LogP contribution in [-0.2, 0) is 11.3 Å². The van der Waals surface area contributed by atoms with E-state index < -0.39 is 0 Å². The van der Waals surface area contributed by atoms with Gasteiger partial charge in [0.05, 0.1) is 12.6 Å². The number of piperazine rings is 1. The van der Waals surface area contributed by atoms with E-state index in [0.29, 0.717) is 19.7 Å². The van der Waals surface area contributed by atoms with Crippen LogP contribution < -0.4 is 9.64 Å². The average molecular weight is 342 g/mol. The molecule has 2 aromatic rings. The predicted molar refractivity (Wildman–Crippen MR) is 96.2 cm³/mol. The van der Waals surface area contributed by atoms with Crippen molar-refractivity contribution in [1.82, 2.24) is 4.90 Å². The van der Waals surface area contributed by atoms with E-state index in [1.807, 2.05) is 43.0 Å². The lowest BCUT2D eigenvalue weighted by atomic mass is 10.1. The molecule has 0 aromatic heterocycles. The molecule has 132 valence electrons. The number of benzene rings is 2. The van der Waals surface area contributed by atoms with E-state index >= 15 is 0 Å². The number of anilines is 1. The van der Waals surface area contributed by atoms with Crippen molar-refractivity contribution in [2.45, 2.75) is 26.4 Å². The van der Waals surface area contributed by atoms with Crippen molar-refractivity contribution in [2.24, 2.45) is 0 Å². The average Bonchev–Trinajstić information content (AvgIpc) is 2.61. The highest BCUT2D eigenvalue weighted by Crippen LogP contribution is 2.25. The van der Waals surface area contributed by atoms with Gasteiger partial charge in [0.1, 0.15) is 11.6 Å². The standard InChI is InChI=1S/C20H23FN2O2/c1-3-25-19-6-4-5-18(13-19)23-12-11-22(15(2)20(23)24)14-16-7-9-17(21)10-8-16/h4-10,13,15H,3,11-12,14H2,1-2H3. The summed E-state index contributed by atoms with van der Waals surface area (Å²) in [6, 6.07) is 13.9. The Kier molecular flexibility index (Phi) is 5.34. The molecule has 1 heterocycles. The van der Waals surface area contributed by atoms with Gasteiger partial charge in [-0.25, -0.2) is 4.39 Å². The maximum absolute atomic E-state index is 13.0. The molecule has 1 aliphatic rings. The molecule has 2 aromatic carbocycles. The number of amides is 1. The number of hydrogen-bond donors (Lipinski definition) is 0. The fourth-order valence-corrected chi connectivity index (χ4v) is 3.12. The molecule has 0 spiro atoms. The van der Waals surface area contributed by atoms with Crippen LogP contribution in [0.5, 0.6) is 5.75 Å². The fraction of sp³-hybridized carbons (Fsp3) is 0.350. The van der Waals surface area contributed by atoms with Gasteiger partial charge in [-0.15, -0.1) is 0 Å². The van der Waals surface area contributed by atoms with Gasteiger partial charge in [0.25, 0.3) is 0 Å². The van der Waals surface area contributed by atoms with Gasteiger partial charge in [-0.2, -0.15) is 0 Å². The highest BCUT2D eigenvalue weighted by atomic mass is 19.1. The van der Waals surface area contributed by atoms with Crippen LogP contribution in [0.15, 0.2) is 48.5 Å². The molecule has 1 fully saturated rings. The number of hydrogen-bond acceptors (Lipinski definition) is 3. The van der Waals surface area contributed by atoms with Crippen molar-refractivity contribution in [1.29, 1.82) is 0 Å². The van der Waals surface area contributed by atoms with Gasteiger partial charge in [0, 0.05) is 31.4 Å². The Hall–Kier alpha value is -2.40. The van der Waals surface area contributed by atoms with Gasteiger partial charge in [0.2, 0.25) is 5.91 Å². The van der Waals surface area contributed by atoms with Gasteiger partial charge < -0.3 is 9.64 Å². The molecule has 4 nitrogen and oxygen atoms in total. The van der Waals surface area contributed by atoms with Crippen LogP contribution in [0.4, 0.5) is 10.1 Å². The van der Waals surface area contributed by atoms with E-state index in [2.05, 4.69) is 4.90 Å². The molecular weight excluding hydrogens is 319 g/mol. The molecule has 1 saturated heterocycles. The first kappa shape index (κ1) is 17.4. The molecule has 25 heavy (non-hydrogen) atoms. The second-order valence-electron chi connectivity index (χ2n) is 6.19. The molecule has 0 aliphatic carbocycles. The minimum atomic E-state index is -0.244. The second kappa shape index (κ2) is 7.66. The van der Waals surface area contributed by atoms with Crippen LogP contribution in [-0.4, -0.2) is 36.5 Å². The van der Waals surface area contributed by atoms with Crippen molar-refractivity contribution >= 4 is 11.6 Å². The third kappa shape index (κ3) is 3.99. The maximum atomic E-state index is 13.0. The minimum Gasteiger partial charge on any atom is -0.494 e. The molecule has 0 N–H and O–H groups in total. The van der Waals surface area contributed by atoms with Crippen LogP contribution in [0.1, 0.15) is 19.4 Å². The van der Waals surface area contributed by atoms with Gasteiger partial charge in [-0.1, -0.05) is 18.2 Å². The normalized spacial score (nSPS) is 18.4. The summed E-state index contributed by atoms with van der Waals surface area (Å²) in [5, 5.41) is 0. The summed E-state index contributed by atoms with van der Waals surface area (Å²) >= 11 is 0. The molecule has 1 amide bonds. The molecule has 3 rings (SSSR count). The van der Waals surface area contributed by atoms with Crippen molar-refractivity contribution < 1.29 is 13.9 Å². The highest BCUT2D eigenvalue weighted by molar-refractivity contribution is 5.97. The van der Waals surface area contributed by atoms with E-state index in [0.717, 1.165) is 23.5 Å². The topological polar surface area (TPSA) is 32.8 Å². The molecule has 0 radical (unpaired) electrons. The lowest BCUT2D eigenvalue weighted by Gasteiger charge is -2.39. The third-order valence-corrected chi connectivity index (χ3v) is 4.52. The first-order chi connectivity index (χ1) is 12.1. The molecule has 1 unspecified atom stereocenters. The highest BCUT2D eigenvalue weighted by Gasteiger charge is 2.32. The Labute approximate surface area is 147 Å². The number of nitrogens with zero attached hydrogens (tertiary/aromatic N) is 2. The summed E-state index contributed by atoms with van der Waals surface area (Å²) in [6.07, 6.45) is 0. The zero-order chi connectivity index (χ0) is 17.8. The zero-order valence-corrected chi connectivity index (χ0v) is 14.6. The van der Waals surface area contributed by atoms with Crippen molar-refractivity contribution in [3.8, 4) is 5.75 Å². The van der Waals surface area contributed by atoms with Crippen molar-refractivity contribution in [2.75, 3.05) is 24.6 Å². The number of ether oxygens (including phenoxy) is 1. The molecular formula is C20H23FN2O2. The Bertz CT molecular complexity index is 733. The maximum Gasteiger partial charge on any atom is 0.244 e. The van der Waals surface area contributed by atoms with Gasteiger partial charge in [-0.3, -0.25) is 9.69 Å². The fourth-order valence-electron chi connectivity index (χ4n) is 3.12. The largest absolute Gasteiger partial charge is 0.494 e. The van der Waals surface area contributed by atoms with E-state index in [-0.39, 0.29) is 17.8 Å². The third-order valence-electron chi connectivity index (χ3n) is 4.52. The smallest absolute Gasteiger partial charge is 0.244 e. The first-order valence-corrected chi connectivity index (χ1v) is 8.61. The van der Waals surface area contributed by atoms with Crippen LogP contribution in [0.3, 0.4) is 0 Å². The SMILES string of the molecule is CCOc1cccc(N2CCN(Cc3ccc(F)cc3)C(C)C2=O)c1. The Morgan fingerprint density at radius 2 is 1.92 bits per heavy atom. The molecule has 1 atom stereocenters. The zero-order valence-electron chi connectivity index (χ0n) is 14.6. The summed E-state index contributed by atoms with van der Waals surface area (Å²) in [4.78, 5) is 16.8. The van der Waals surface area contributed by atoms with Crippen LogP contribution >= 0.6 is 0 Å². The number of halogens is 1. The van der Waals surface area contributed by atoms with Gasteiger partial charge in [0.15, 0.2) is 0 Å². The molecule has 0 saturated carbocycles. The van der Waals surface area contributed by atoms with Crippen LogP contribution in [0.2, 0.25) is 0 Å². The lowest BCUT2D eigenvalue weighted by molar-refractivity contribution is -0.125. The molecule has 0 bridgehead atoms. The summed E-state index contributed by atoms with van der Waals surface area (Å²) in [5.74, 6) is 0.600.